The van der Waals surface area contributed by atoms with Gasteiger partial charge in [-0.1, -0.05) is 121 Å². The minimum Gasteiger partial charge on any atom is -0.345 e. The van der Waals surface area contributed by atoms with Crippen LogP contribution in [0.3, 0.4) is 0 Å². The largest absolute Gasteiger partial charge is 0.345 e. The van der Waals surface area contributed by atoms with Gasteiger partial charge in [0.1, 0.15) is 12.1 Å². The number of nitrogens with zero attached hydrogens (tertiary/aromatic N) is 1. The molecule has 9 heteroatoms. The third-order valence-corrected chi connectivity index (χ3v) is 7.66. The summed E-state index contributed by atoms with van der Waals surface area (Å²) in [6.07, 6.45) is 0.338. The van der Waals surface area contributed by atoms with E-state index in [0.29, 0.717) is 0 Å². The molecule has 0 spiro atoms. The Morgan fingerprint density at radius 1 is 0.617 bits per heavy atom. The van der Waals surface area contributed by atoms with Gasteiger partial charge in [0, 0.05) is 32.9 Å². The van der Waals surface area contributed by atoms with E-state index >= 15 is 0 Å². The molecule has 0 aliphatic rings. The molecule has 0 fully saturated rings. The summed E-state index contributed by atoms with van der Waals surface area (Å²) in [5.74, 6) is -3.08. The average Bonchev–Trinajstić information content (AvgIpc) is 3.09. The summed E-state index contributed by atoms with van der Waals surface area (Å²) in [6, 6.07) is 33.8. The fourth-order valence-corrected chi connectivity index (χ4v) is 5.24. The molecular weight excluding hydrogens is 592 g/mol. The quantitative estimate of drug-likeness (QED) is 0.172. The predicted octanol–water partition coefficient (Wildman–Crippen LogP) is 3.76. The molecule has 3 N–H and O–H groups in total. The van der Waals surface area contributed by atoms with Crippen molar-refractivity contribution in [3.05, 3.63) is 144 Å². The van der Waals surface area contributed by atoms with E-state index in [2.05, 4.69) is 16.0 Å². The average molecular weight is 633 g/mol. The molecule has 4 aromatic carbocycles. The van der Waals surface area contributed by atoms with E-state index < -0.39 is 41.6 Å². The summed E-state index contributed by atoms with van der Waals surface area (Å²) in [5, 5.41) is 8.09. The molecule has 0 saturated heterocycles. The molecule has 0 radical (unpaired) electrons. The van der Waals surface area contributed by atoms with E-state index in [1.807, 2.05) is 121 Å². The van der Waals surface area contributed by atoms with Gasteiger partial charge in [-0.25, -0.2) is 0 Å². The van der Waals surface area contributed by atoms with Crippen LogP contribution in [0.25, 0.3) is 0 Å². The van der Waals surface area contributed by atoms with Gasteiger partial charge < -0.3 is 20.9 Å². The second-order valence-corrected chi connectivity index (χ2v) is 11.4. The van der Waals surface area contributed by atoms with Gasteiger partial charge in [-0.2, -0.15) is 0 Å². The molecule has 0 saturated carbocycles. The van der Waals surface area contributed by atoms with Gasteiger partial charge in [0.05, 0.1) is 6.04 Å². The Hall–Kier alpha value is -5.57. The fourth-order valence-electron chi connectivity index (χ4n) is 5.24. The maximum Gasteiger partial charge on any atom is 0.289 e. The number of amides is 4. The number of carbonyl (C=O) groups is 5. The number of hydrogen-bond acceptors (Lipinski definition) is 5. The number of carbonyl (C=O) groups excluding carboxylic acids is 5. The Bertz CT molecular complexity index is 1630. The number of benzene rings is 4. The molecule has 0 aliphatic carbocycles. The number of nitrogens with one attached hydrogen (secondary N) is 3. The topological polar surface area (TPSA) is 125 Å². The van der Waals surface area contributed by atoms with Crippen LogP contribution in [0.4, 0.5) is 0 Å². The van der Waals surface area contributed by atoms with Gasteiger partial charge in [-0.3, -0.25) is 24.0 Å². The first kappa shape index (κ1) is 34.3. The highest BCUT2D eigenvalue weighted by molar-refractivity contribution is 6.38. The van der Waals surface area contributed by atoms with Gasteiger partial charge in [-0.05, 0) is 29.2 Å². The van der Waals surface area contributed by atoms with Crippen molar-refractivity contribution in [2.45, 2.75) is 57.9 Å². The van der Waals surface area contributed by atoms with Crippen molar-refractivity contribution >= 4 is 29.4 Å². The molecule has 9 nitrogen and oxygen atoms in total. The summed E-state index contributed by atoms with van der Waals surface area (Å²) in [6.45, 7) is 3.02. The molecular formula is C38H40N4O5. The zero-order valence-corrected chi connectivity index (χ0v) is 26.6. The van der Waals surface area contributed by atoms with Gasteiger partial charge >= 0.3 is 0 Å². The number of hydrogen-bond donors (Lipinski definition) is 3. The summed E-state index contributed by atoms with van der Waals surface area (Å²) in [7, 11) is 0. The van der Waals surface area contributed by atoms with Crippen molar-refractivity contribution in [1.82, 2.24) is 20.9 Å². The van der Waals surface area contributed by atoms with Crippen molar-refractivity contribution in [2.75, 3.05) is 0 Å². The van der Waals surface area contributed by atoms with E-state index in [9.17, 15) is 24.0 Å². The lowest BCUT2D eigenvalue weighted by molar-refractivity contribution is -0.145. The molecule has 4 aromatic rings. The Balaban J connectivity index is 1.63. The van der Waals surface area contributed by atoms with Crippen LogP contribution in [0.15, 0.2) is 121 Å². The van der Waals surface area contributed by atoms with Crippen molar-refractivity contribution in [3.8, 4) is 0 Å². The summed E-state index contributed by atoms with van der Waals surface area (Å²) >= 11 is 0. The van der Waals surface area contributed by atoms with E-state index in [-0.39, 0.29) is 31.8 Å². The maximum absolute atomic E-state index is 14.5. The van der Waals surface area contributed by atoms with E-state index in [0.717, 1.165) is 22.3 Å². The third-order valence-electron chi connectivity index (χ3n) is 7.66. The molecule has 0 aliphatic heterocycles. The minimum absolute atomic E-state index is 0.0648. The molecule has 4 amide bonds. The van der Waals surface area contributed by atoms with Crippen molar-refractivity contribution in [2.24, 2.45) is 0 Å². The molecule has 0 heterocycles. The maximum atomic E-state index is 14.5. The number of Topliss-reactive ketones (excluding diaryl/α,β-unsaturated/α-hetero) is 1. The summed E-state index contributed by atoms with van der Waals surface area (Å²) in [5.41, 5.74) is 3.23. The van der Waals surface area contributed by atoms with Gasteiger partial charge in [0.2, 0.25) is 23.5 Å². The Morgan fingerprint density at radius 2 is 1.09 bits per heavy atom. The van der Waals surface area contributed by atoms with Crippen LogP contribution >= 0.6 is 0 Å². The van der Waals surface area contributed by atoms with Crippen LogP contribution in [-0.4, -0.2) is 52.4 Å². The fraction of sp³-hybridized carbons (Fsp3) is 0.237. The van der Waals surface area contributed by atoms with Crippen molar-refractivity contribution in [1.29, 1.82) is 0 Å². The highest BCUT2D eigenvalue weighted by Gasteiger charge is 2.36. The van der Waals surface area contributed by atoms with Gasteiger partial charge in [0.25, 0.3) is 5.91 Å². The molecule has 47 heavy (non-hydrogen) atoms. The number of rotatable bonds is 15. The summed E-state index contributed by atoms with van der Waals surface area (Å²) in [4.78, 5) is 68.2. The van der Waals surface area contributed by atoms with Crippen LogP contribution in [0.1, 0.15) is 36.1 Å². The first-order valence-corrected chi connectivity index (χ1v) is 15.6. The first-order chi connectivity index (χ1) is 22.7. The Kier molecular flexibility index (Phi) is 12.6. The SMILES string of the molecule is CC(=O)N[C@@H](Cc1ccccc1)C(=O)N(Cc1ccccc1)C(Cc1ccccc1)C(=O)NC(C)C(=O)C(=O)NCc1ccccc1. The lowest BCUT2D eigenvalue weighted by atomic mass is 9.99. The second kappa shape index (κ2) is 17.2. The normalized spacial score (nSPS) is 12.6. The second-order valence-electron chi connectivity index (χ2n) is 11.4. The van der Waals surface area contributed by atoms with Crippen LogP contribution in [-0.2, 0) is 49.9 Å². The minimum atomic E-state index is -1.17. The molecule has 242 valence electrons. The Labute approximate surface area is 275 Å². The van der Waals surface area contributed by atoms with Crippen LogP contribution in [0.5, 0.6) is 0 Å². The third kappa shape index (κ3) is 10.5. The highest BCUT2D eigenvalue weighted by atomic mass is 16.2. The zero-order chi connectivity index (χ0) is 33.6. The Morgan fingerprint density at radius 3 is 1.60 bits per heavy atom. The number of ketones is 1. The lowest BCUT2D eigenvalue weighted by Crippen LogP contribution is -2.58. The van der Waals surface area contributed by atoms with E-state index in [1.54, 1.807) is 0 Å². The predicted molar refractivity (Wildman–Crippen MR) is 180 cm³/mol. The van der Waals surface area contributed by atoms with Crippen LogP contribution in [0.2, 0.25) is 0 Å². The zero-order valence-electron chi connectivity index (χ0n) is 26.6. The van der Waals surface area contributed by atoms with Crippen LogP contribution < -0.4 is 16.0 Å². The van der Waals surface area contributed by atoms with Gasteiger partial charge in [-0.15, -0.1) is 0 Å². The van der Waals surface area contributed by atoms with Crippen molar-refractivity contribution in [3.63, 3.8) is 0 Å². The smallest absolute Gasteiger partial charge is 0.289 e. The molecule has 3 atom stereocenters. The molecule has 4 rings (SSSR count). The molecule has 2 unspecified atom stereocenters. The summed E-state index contributed by atoms with van der Waals surface area (Å²) < 4.78 is 0. The standard InChI is InChI=1S/C38H40N4O5/c1-27(35(44)37(46)39-25-31-19-11-5-12-20-31)40-36(45)34(24-30-17-9-4-10-18-30)42(26-32-21-13-6-14-22-32)38(47)33(41-28(2)43)23-29-15-7-3-8-16-29/h3-22,27,33-34H,23-26H2,1-2H3,(H,39,46)(H,40,45)(H,41,43)/t27?,33-,34?/m0/s1. The highest BCUT2D eigenvalue weighted by Crippen LogP contribution is 2.18. The van der Waals surface area contributed by atoms with Gasteiger partial charge in [0.15, 0.2) is 0 Å². The monoisotopic (exact) mass is 632 g/mol. The molecule has 0 bridgehead atoms. The van der Waals surface area contributed by atoms with E-state index in [4.69, 9.17) is 0 Å². The van der Waals surface area contributed by atoms with Crippen molar-refractivity contribution < 1.29 is 24.0 Å². The van der Waals surface area contributed by atoms with Crippen LogP contribution in [0, 0.1) is 0 Å². The van der Waals surface area contributed by atoms with E-state index in [1.165, 1.54) is 18.7 Å². The first-order valence-electron chi connectivity index (χ1n) is 15.6. The lowest BCUT2D eigenvalue weighted by Gasteiger charge is -2.35. The molecule has 0 aromatic heterocycles.